The van der Waals surface area contributed by atoms with Gasteiger partial charge in [-0.05, 0) is 135 Å². The van der Waals surface area contributed by atoms with E-state index in [2.05, 4.69) is 285 Å². The maximum Gasteiger partial charge on any atom is 0.164 e. The molecule has 1 aromatic heterocycles. The van der Waals surface area contributed by atoms with E-state index in [9.17, 15) is 0 Å². The van der Waals surface area contributed by atoms with Gasteiger partial charge in [-0.2, -0.15) is 0 Å². The Bertz CT molecular complexity index is 4560. The Kier molecular flexibility index (Phi) is 12.7. The number of rotatable bonds is 9. The maximum absolute atomic E-state index is 5.45. The summed E-state index contributed by atoms with van der Waals surface area (Å²) >= 11 is 0. The van der Waals surface area contributed by atoms with E-state index < -0.39 is 0 Å². The van der Waals surface area contributed by atoms with Crippen molar-refractivity contribution in [1.82, 2.24) is 15.0 Å². The minimum atomic E-state index is 0.601. The van der Waals surface area contributed by atoms with E-state index in [0.29, 0.717) is 17.5 Å². The van der Waals surface area contributed by atoms with E-state index in [1.807, 2.05) is 0 Å². The Labute approximate surface area is 469 Å². The molecule has 0 unspecified atom stereocenters. The van der Waals surface area contributed by atoms with Crippen LogP contribution in [0.25, 0.3) is 133 Å². The number of nitrogens with zero attached hydrogens (tertiary/aromatic N) is 3. The summed E-state index contributed by atoms with van der Waals surface area (Å²) in [6, 6.07) is 82.9. The van der Waals surface area contributed by atoms with Crippen molar-refractivity contribution in [3.63, 3.8) is 0 Å². The molecular weight excluding hydrogens is 946 g/mol. The lowest BCUT2D eigenvalue weighted by molar-refractivity contribution is 1.07. The molecule has 0 atom stereocenters. The van der Waals surface area contributed by atoms with E-state index in [1.165, 1.54) is 82.0 Å². The van der Waals surface area contributed by atoms with Crippen molar-refractivity contribution in [3.8, 4) is 101 Å². The van der Waals surface area contributed by atoms with Crippen LogP contribution in [0.3, 0.4) is 0 Å². The number of hydrogen-bond donors (Lipinski definition) is 0. The minimum Gasteiger partial charge on any atom is -0.208 e. The van der Waals surface area contributed by atoms with Crippen molar-refractivity contribution < 1.29 is 0 Å². The zero-order valence-electron chi connectivity index (χ0n) is 45.8. The van der Waals surface area contributed by atoms with Crippen LogP contribution < -0.4 is 38.2 Å². The molecule has 0 saturated carbocycles. The first kappa shape index (κ1) is 49.5. The third kappa shape index (κ3) is 9.02. The van der Waals surface area contributed by atoms with E-state index in [0.717, 1.165) is 72.0 Å². The van der Waals surface area contributed by atoms with Crippen molar-refractivity contribution in [2.24, 2.45) is 0 Å². The summed E-state index contributed by atoms with van der Waals surface area (Å²) in [7, 11) is 16.1. The lowest BCUT2D eigenvalue weighted by Crippen LogP contribution is -2.52. The normalized spacial score (nSPS) is 11.4. The van der Waals surface area contributed by atoms with Crippen LogP contribution in [-0.2, 0) is 0 Å². The highest BCUT2D eigenvalue weighted by atomic mass is 15.0. The molecule has 0 aliphatic carbocycles. The van der Waals surface area contributed by atoms with E-state index in [-0.39, 0.29) is 0 Å². The molecule has 0 bridgehead atoms. The summed E-state index contributed by atoms with van der Waals surface area (Å²) < 4.78 is 0. The van der Waals surface area contributed by atoms with Gasteiger partial charge in [-0.1, -0.05) is 216 Å². The molecule has 0 N–H and O–H groups in total. The van der Waals surface area contributed by atoms with Gasteiger partial charge in [0.15, 0.2) is 17.5 Å². The van der Waals surface area contributed by atoms with Crippen LogP contribution in [0.2, 0.25) is 0 Å². The quantitative estimate of drug-likeness (QED) is 0.163. The fourth-order valence-corrected chi connectivity index (χ4v) is 12.0. The first-order valence-electron chi connectivity index (χ1n) is 27.4. The molecule has 79 heavy (non-hydrogen) atoms. The lowest BCUT2D eigenvalue weighted by Gasteiger charge is -2.25. The Morgan fingerprint density at radius 2 is 0.608 bits per heavy atom. The summed E-state index contributed by atoms with van der Waals surface area (Å²) in [5.74, 6) is 1.82. The third-order valence-electron chi connectivity index (χ3n) is 16.9. The number of fused-ring (bicyclic) bond motifs is 3. The standard InChI is InChI=1S/C69H52B7N3/c70-60-57(58-59(62(72)64(60)74)63(73)66(76)65(75)61(58)71)49-29-27-45-34-48(28-26-46(45)35-49)56-38-51(31-32-54(56)42-17-8-3-9-18-42)68-77-67(50-30-24-41-23-25-44(36-52(41)37-50)40-15-6-2-7-16-40)78-69(79-68)55-22-11-10-21-53(55)47-20-12-19-43(33-47)39-13-4-1-5-14-39/h1-38H,70-76H2. The fraction of sp³-hybridized carbons (Fsp3) is 0. The molecular formula is C69H52B7N3. The SMILES string of the molecule is Bc1c(B)c(B)c2c(-c3ccc4cc(-c5cc(-c6nc(-c7ccc8ccc(-c9ccccc9)cc8c7)nc(-c7ccccc7-c7cccc(-c8ccccc8)c7)n6)ccc5-c5ccccc5)ccc4c3)c(B)c(B)c(B)c2c1B. The Hall–Kier alpha value is -9.12. The van der Waals surface area contributed by atoms with Gasteiger partial charge in [0, 0.05) is 16.7 Å². The van der Waals surface area contributed by atoms with Crippen LogP contribution in [0, 0.1) is 0 Å². The zero-order valence-corrected chi connectivity index (χ0v) is 45.8. The van der Waals surface area contributed by atoms with Crippen LogP contribution >= 0.6 is 0 Å². The largest absolute Gasteiger partial charge is 0.208 e. The van der Waals surface area contributed by atoms with Gasteiger partial charge in [0.1, 0.15) is 54.9 Å². The predicted molar refractivity (Wildman–Crippen MR) is 359 cm³/mol. The van der Waals surface area contributed by atoms with E-state index in [4.69, 9.17) is 15.0 Å². The van der Waals surface area contributed by atoms with Gasteiger partial charge >= 0.3 is 0 Å². The molecule has 0 amide bonds. The molecule has 0 fully saturated rings. The molecule has 0 aliphatic rings. The lowest BCUT2D eigenvalue weighted by atomic mass is 9.59. The number of aromatic nitrogens is 3. The highest BCUT2D eigenvalue weighted by Gasteiger charge is 2.22. The van der Waals surface area contributed by atoms with Crippen molar-refractivity contribution in [1.29, 1.82) is 0 Å². The third-order valence-corrected chi connectivity index (χ3v) is 16.9. The molecule has 13 rings (SSSR count). The van der Waals surface area contributed by atoms with Gasteiger partial charge in [-0.3, -0.25) is 0 Å². The van der Waals surface area contributed by atoms with Crippen LogP contribution in [0.5, 0.6) is 0 Å². The molecule has 364 valence electrons. The van der Waals surface area contributed by atoms with Crippen molar-refractivity contribution in [2.45, 2.75) is 0 Å². The van der Waals surface area contributed by atoms with Gasteiger partial charge in [0.05, 0.1) is 0 Å². The minimum absolute atomic E-state index is 0.601. The van der Waals surface area contributed by atoms with Crippen molar-refractivity contribution in [2.75, 3.05) is 0 Å². The van der Waals surface area contributed by atoms with Gasteiger partial charge < -0.3 is 0 Å². The molecule has 0 aliphatic heterocycles. The number of benzene rings is 12. The second-order valence-corrected chi connectivity index (χ2v) is 21.3. The highest BCUT2D eigenvalue weighted by molar-refractivity contribution is 6.71. The van der Waals surface area contributed by atoms with Crippen molar-refractivity contribution in [3.05, 3.63) is 231 Å². The monoisotopic (exact) mass is 999 g/mol. The van der Waals surface area contributed by atoms with E-state index >= 15 is 0 Å². The molecule has 0 saturated heterocycles. The van der Waals surface area contributed by atoms with Crippen molar-refractivity contribution >= 4 is 125 Å². The predicted octanol–water partition coefficient (Wildman–Crippen LogP) is 6.14. The molecule has 0 spiro atoms. The van der Waals surface area contributed by atoms with Crippen LogP contribution in [0.4, 0.5) is 0 Å². The summed E-state index contributed by atoms with van der Waals surface area (Å²) in [6.45, 7) is 0. The zero-order chi connectivity index (χ0) is 53.9. The van der Waals surface area contributed by atoms with Gasteiger partial charge in [0.25, 0.3) is 0 Å². The molecule has 12 aromatic carbocycles. The Balaban J connectivity index is 0.975. The van der Waals surface area contributed by atoms with E-state index in [1.54, 1.807) is 0 Å². The Morgan fingerprint density at radius 1 is 0.203 bits per heavy atom. The summed E-state index contributed by atoms with van der Waals surface area (Å²) in [5, 5.41) is 7.43. The average Bonchev–Trinajstić information content (AvgIpc) is 3.67. The van der Waals surface area contributed by atoms with Gasteiger partial charge in [-0.15, -0.1) is 16.4 Å². The topological polar surface area (TPSA) is 38.7 Å². The van der Waals surface area contributed by atoms with Crippen LogP contribution in [-0.4, -0.2) is 69.9 Å². The second kappa shape index (κ2) is 20.4. The molecule has 13 aromatic rings. The Morgan fingerprint density at radius 3 is 1.27 bits per heavy atom. The van der Waals surface area contributed by atoms with Crippen LogP contribution in [0.1, 0.15) is 0 Å². The molecule has 3 nitrogen and oxygen atoms in total. The fourth-order valence-electron chi connectivity index (χ4n) is 12.0. The van der Waals surface area contributed by atoms with Gasteiger partial charge in [-0.25, -0.2) is 15.0 Å². The average molecular weight is 999 g/mol. The van der Waals surface area contributed by atoms with Crippen LogP contribution in [0.15, 0.2) is 231 Å². The summed E-state index contributed by atoms with van der Waals surface area (Å²) in [4.78, 5) is 16.2. The van der Waals surface area contributed by atoms with Gasteiger partial charge in [0.2, 0.25) is 0 Å². The highest BCUT2D eigenvalue weighted by Crippen LogP contribution is 2.40. The maximum atomic E-state index is 5.45. The smallest absolute Gasteiger partial charge is 0.164 e. The molecule has 10 heteroatoms. The molecule has 1 heterocycles. The first-order valence-corrected chi connectivity index (χ1v) is 27.4. The summed E-state index contributed by atoms with van der Waals surface area (Å²) in [6.07, 6.45) is 0. The summed E-state index contributed by atoms with van der Waals surface area (Å²) in [5.41, 5.74) is 26.2. The first-order chi connectivity index (χ1) is 38.6. The second-order valence-electron chi connectivity index (χ2n) is 21.3. The molecule has 0 radical (unpaired) electrons. The number of hydrogen-bond acceptors (Lipinski definition) is 3.